The zero-order chi connectivity index (χ0) is 40.3. The van der Waals surface area contributed by atoms with Gasteiger partial charge in [-0.15, -0.1) is 11.3 Å². The highest BCUT2D eigenvalue weighted by molar-refractivity contribution is 9.10. The van der Waals surface area contributed by atoms with Crippen molar-refractivity contribution in [1.82, 2.24) is 40.2 Å². The number of ether oxygens (including phenoxy) is 2. The third-order valence-electron chi connectivity index (χ3n) is 6.13. The summed E-state index contributed by atoms with van der Waals surface area (Å²) in [6.45, 7) is 5.12. The van der Waals surface area contributed by atoms with Crippen molar-refractivity contribution >= 4 is 67.5 Å². The Kier molecular flexibility index (Phi) is 21.0. The van der Waals surface area contributed by atoms with Crippen LogP contribution in [0.3, 0.4) is 0 Å². The van der Waals surface area contributed by atoms with Crippen molar-refractivity contribution in [3.8, 4) is 11.4 Å². The first-order valence-electron chi connectivity index (χ1n) is 16.8. The normalized spacial score (nSPS) is 10.6. The van der Waals surface area contributed by atoms with E-state index in [1.54, 1.807) is 75.2 Å². The van der Waals surface area contributed by atoms with E-state index in [0.717, 1.165) is 10.6 Å². The van der Waals surface area contributed by atoms with Crippen molar-refractivity contribution in [2.24, 2.45) is 5.73 Å². The minimum Gasteiger partial charge on any atom is -0.466 e. The second kappa shape index (κ2) is 26.4. The number of nitrogens with two attached hydrogens (primary N) is 1. The van der Waals surface area contributed by atoms with Crippen LogP contribution in [0.1, 0.15) is 48.7 Å². The number of aromatic nitrogens is 7. The van der Waals surface area contributed by atoms with Crippen LogP contribution >= 0.6 is 39.5 Å². The van der Waals surface area contributed by atoms with E-state index in [1.807, 2.05) is 18.2 Å². The number of rotatable bonds is 14. The Labute approximate surface area is 331 Å². The predicted molar refractivity (Wildman–Crippen MR) is 210 cm³/mol. The number of thiazole rings is 1. The molecule has 286 valence electrons. The quantitative estimate of drug-likeness (QED) is 0.0575. The van der Waals surface area contributed by atoms with Gasteiger partial charge < -0.3 is 25.8 Å². The van der Waals surface area contributed by atoms with Gasteiger partial charge in [0.2, 0.25) is 0 Å². The SMILES string of the molecule is CCOC(=O)CC(Br)C(=O)c1ccccn1.CCOC(=O)Cc1sc(NCc2ncccn2)nc1-c1ccccn1.NC(=S)NCc1ncccn1.[2H]CF. The van der Waals surface area contributed by atoms with Crippen LogP contribution in [-0.2, 0) is 38.6 Å². The van der Waals surface area contributed by atoms with E-state index >= 15 is 0 Å². The molecule has 0 aromatic carbocycles. The molecule has 0 fully saturated rings. The van der Waals surface area contributed by atoms with Gasteiger partial charge in [-0.3, -0.25) is 28.7 Å². The highest BCUT2D eigenvalue weighted by Crippen LogP contribution is 2.31. The molecule has 0 saturated carbocycles. The Hall–Kier alpha value is -5.40. The number of anilines is 1. The summed E-state index contributed by atoms with van der Waals surface area (Å²) < 4.78 is 25.3. The molecule has 54 heavy (non-hydrogen) atoms. The molecule has 0 aliphatic heterocycles. The van der Waals surface area contributed by atoms with Crippen LogP contribution in [0.4, 0.5) is 9.52 Å². The molecule has 0 saturated heterocycles. The van der Waals surface area contributed by atoms with Gasteiger partial charge in [0.25, 0.3) is 0 Å². The minimum absolute atomic E-state index is 0.0171. The number of carbonyl (C=O) groups is 3. The summed E-state index contributed by atoms with van der Waals surface area (Å²) in [5.74, 6) is 0.466. The van der Waals surface area contributed by atoms with Crippen LogP contribution in [0.2, 0.25) is 0 Å². The summed E-state index contributed by atoms with van der Waals surface area (Å²) in [6, 6.07) is 14.2. The van der Waals surface area contributed by atoms with Crippen LogP contribution in [0, 0.1) is 0 Å². The summed E-state index contributed by atoms with van der Waals surface area (Å²) in [6.07, 6.45) is 10.1. The summed E-state index contributed by atoms with van der Waals surface area (Å²) in [4.78, 5) is 64.2. The number of alkyl halides is 2. The second-order valence-corrected chi connectivity index (χ2v) is 12.6. The minimum atomic E-state index is -1.00. The number of nitrogens with one attached hydrogen (secondary N) is 2. The maximum atomic E-state index is 11.9. The Morgan fingerprint density at radius 2 is 1.43 bits per heavy atom. The zero-order valence-corrected chi connectivity index (χ0v) is 32.7. The maximum absolute atomic E-state index is 11.9. The topological polar surface area (TPSA) is 210 Å². The van der Waals surface area contributed by atoms with Crippen molar-refractivity contribution in [2.45, 2.75) is 44.6 Å². The Morgan fingerprint density at radius 1 is 0.870 bits per heavy atom. The molecule has 0 spiro atoms. The van der Waals surface area contributed by atoms with Gasteiger partial charge in [0.05, 0.1) is 58.2 Å². The Balaban J connectivity index is 0.000000298. The lowest BCUT2D eigenvalue weighted by molar-refractivity contribution is -0.143. The van der Waals surface area contributed by atoms with Crippen LogP contribution in [0.5, 0.6) is 0 Å². The molecule has 0 aliphatic rings. The lowest BCUT2D eigenvalue weighted by atomic mass is 10.1. The Bertz CT molecular complexity index is 1860. The highest BCUT2D eigenvalue weighted by atomic mass is 79.9. The van der Waals surface area contributed by atoms with Crippen molar-refractivity contribution in [2.75, 3.05) is 25.7 Å². The summed E-state index contributed by atoms with van der Waals surface area (Å²) >= 11 is 9.18. The fourth-order valence-corrected chi connectivity index (χ4v) is 5.41. The van der Waals surface area contributed by atoms with E-state index in [4.69, 9.17) is 16.6 Å². The van der Waals surface area contributed by atoms with Gasteiger partial charge in [-0.1, -0.05) is 28.1 Å². The van der Waals surface area contributed by atoms with Gasteiger partial charge in [0.1, 0.15) is 23.0 Å². The zero-order valence-electron chi connectivity index (χ0n) is 30.4. The number of carbonyl (C=O) groups excluding carboxylic acids is 3. The molecule has 0 aliphatic carbocycles. The number of thiocarbonyl (C=S) groups is 1. The molecule has 5 aromatic heterocycles. The first kappa shape index (κ1) is 43.0. The van der Waals surface area contributed by atoms with Gasteiger partial charge in [-0.2, -0.15) is 0 Å². The molecule has 15 nitrogen and oxygen atoms in total. The van der Waals surface area contributed by atoms with E-state index in [1.165, 1.54) is 17.5 Å². The van der Waals surface area contributed by atoms with E-state index < -0.39 is 18.0 Å². The number of ketones is 1. The van der Waals surface area contributed by atoms with Crippen molar-refractivity contribution < 1.29 is 29.6 Å². The molecule has 1 unspecified atom stereocenters. The number of esters is 2. The summed E-state index contributed by atoms with van der Waals surface area (Å²) in [7, 11) is -1.00. The number of hydrogen-bond donors (Lipinski definition) is 3. The summed E-state index contributed by atoms with van der Waals surface area (Å²) in [5, 5.41) is 6.89. The molecular weight excluding hydrogens is 803 g/mol. The molecule has 5 heterocycles. The van der Waals surface area contributed by atoms with Gasteiger partial charge in [-0.25, -0.2) is 24.9 Å². The molecule has 5 aromatic rings. The van der Waals surface area contributed by atoms with Crippen molar-refractivity contribution in [1.29, 1.82) is 0 Å². The monoisotopic (exact) mass is 843 g/mol. The van der Waals surface area contributed by atoms with Crippen molar-refractivity contribution in [3.05, 3.63) is 108 Å². The predicted octanol–water partition coefficient (Wildman–Crippen LogP) is 5.09. The van der Waals surface area contributed by atoms with Crippen LogP contribution in [0.25, 0.3) is 11.4 Å². The third-order valence-corrected chi connectivity index (χ3v) is 8.02. The molecule has 0 amide bonds. The fourth-order valence-electron chi connectivity index (χ4n) is 3.88. The van der Waals surface area contributed by atoms with Crippen molar-refractivity contribution in [3.63, 3.8) is 0 Å². The van der Waals surface area contributed by atoms with Crippen LogP contribution in [0.15, 0.2) is 85.7 Å². The molecule has 0 radical (unpaired) electrons. The number of pyridine rings is 2. The van der Waals surface area contributed by atoms with E-state index in [-0.39, 0.29) is 29.7 Å². The Morgan fingerprint density at radius 3 is 1.96 bits per heavy atom. The third kappa shape index (κ3) is 17.4. The molecule has 0 bridgehead atoms. The van der Waals surface area contributed by atoms with Gasteiger partial charge in [0.15, 0.2) is 16.0 Å². The fraction of sp³-hybridized carbons (Fsp3) is 0.286. The summed E-state index contributed by atoms with van der Waals surface area (Å²) in [5.41, 5.74) is 6.96. The maximum Gasteiger partial charge on any atom is 0.311 e. The number of nitrogens with zero attached hydrogens (tertiary/aromatic N) is 7. The average molecular weight is 845 g/mol. The smallest absolute Gasteiger partial charge is 0.311 e. The molecule has 4 N–H and O–H groups in total. The van der Waals surface area contributed by atoms with Gasteiger partial charge in [-0.05, 0) is 62.5 Å². The number of hydrogen-bond acceptors (Lipinski definition) is 15. The lowest BCUT2D eigenvalue weighted by Gasteiger charge is -2.07. The lowest BCUT2D eigenvalue weighted by Crippen LogP contribution is -2.29. The van der Waals surface area contributed by atoms with Gasteiger partial charge >= 0.3 is 11.9 Å². The highest BCUT2D eigenvalue weighted by Gasteiger charge is 2.22. The van der Waals surface area contributed by atoms with Gasteiger partial charge in [0, 0.05) is 42.1 Å². The molecular formula is C35H40BrFN10O5S2. The largest absolute Gasteiger partial charge is 0.466 e. The molecule has 5 rings (SSSR count). The standard InChI is InChI=1S/C17H17N5O2S.C11H12BrNO3.C6H8N4S.CH3F/c1-2-24-15(23)10-13-16(12-6-3-4-7-18-12)22-17(25-13)21-11-14-19-8-5-9-20-14;1-2-16-10(14)7-8(12)11(15)9-5-3-4-6-13-9;7-6(11)10-4-5-8-2-1-3-9-5;1-2/h3-9H,2,10-11H2,1H3,(H,21,22);3-6,8H,2,7H2,1H3;1-3H,4H2,(H3,7,10,11);1H3/i;;;1D. The van der Waals surface area contributed by atoms with Crippen LogP contribution < -0.4 is 16.4 Å². The second-order valence-electron chi connectivity index (χ2n) is 9.94. The first-order valence-corrected chi connectivity index (χ1v) is 18.2. The van der Waals surface area contributed by atoms with Crippen LogP contribution in [-0.4, -0.2) is 82.9 Å². The first-order chi connectivity index (χ1) is 26.6. The van der Waals surface area contributed by atoms with E-state index in [2.05, 4.69) is 73.7 Å². The number of Topliss-reactive ketones (excluding diaryl/α,β-unsaturated/α-hetero) is 1. The van der Waals surface area contributed by atoms with E-state index in [0.29, 0.717) is 54.5 Å². The molecule has 1 atom stereocenters. The van der Waals surface area contributed by atoms with E-state index in [9.17, 15) is 18.8 Å². The molecule has 19 heteroatoms. The number of halogens is 2. The average Bonchev–Trinajstić information content (AvgIpc) is 3.60.